The van der Waals surface area contributed by atoms with E-state index < -0.39 is 0 Å². The molecule has 0 unspecified atom stereocenters. The van der Waals surface area contributed by atoms with E-state index >= 15 is 0 Å². The number of rotatable bonds is 5. The molecule has 0 bridgehead atoms. The monoisotopic (exact) mass is 437 g/mol. The Morgan fingerprint density at radius 1 is 1.23 bits per heavy atom. The molecule has 5 rings (SSSR count). The van der Waals surface area contributed by atoms with Crippen LogP contribution >= 0.6 is 23.1 Å². The first-order valence-corrected chi connectivity index (χ1v) is 12.0. The van der Waals surface area contributed by atoms with Crippen molar-refractivity contribution >= 4 is 39.2 Å². The van der Waals surface area contributed by atoms with Crippen LogP contribution < -0.4 is 5.32 Å². The van der Waals surface area contributed by atoms with Gasteiger partial charge in [-0.15, -0.1) is 11.3 Å². The van der Waals surface area contributed by atoms with E-state index in [-0.39, 0.29) is 11.9 Å². The number of amides is 1. The van der Waals surface area contributed by atoms with Crippen LogP contribution in [0.4, 0.5) is 0 Å². The number of aryl methyl sites for hydroxylation is 1. The number of aromatic nitrogens is 4. The zero-order valence-electron chi connectivity index (χ0n) is 16.7. The van der Waals surface area contributed by atoms with E-state index in [0.29, 0.717) is 11.8 Å². The number of thioether (sulfide) groups is 1. The number of thiophene rings is 1. The van der Waals surface area contributed by atoms with Gasteiger partial charge in [-0.05, 0) is 56.9 Å². The number of carbonyl (C=O) groups is 1. The highest BCUT2D eigenvalue weighted by Gasteiger charge is 2.25. The van der Waals surface area contributed by atoms with Crippen LogP contribution in [0.15, 0.2) is 48.0 Å². The van der Waals surface area contributed by atoms with Gasteiger partial charge < -0.3 is 9.88 Å². The molecule has 1 fully saturated rings. The first-order chi connectivity index (χ1) is 14.7. The van der Waals surface area contributed by atoms with Crippen LogP contribution in [-0.4, -0.2) is 37.2 Å². The van der Waals surface area contributed by atoms with Crippen molar-refractivity contribution < 1.29 is 4.79 Å². The Morgan fingerprint density at radius 2 is 2.10 bits per heavy atom. The van der Waals surface area contributed by atoms with Crippen molar-refractivity contribution in [2.45, 2.75) is 49.7 Å². The lowest BCUT2D eigenvalue weighted by molar-refractivity contribution is -0.119. The fraction of sp³-hybridized carbons (Fsp3) is 0.364. The van der Waals surface area contributed by atoms with E-state index in [1.165, 1.54) is 22.2 Å². The average molecular weight is 438 g/mol. The van der Waals surface area contributed by atoms with Crippen molar-refractivity contribution in [2.75, 3.05) is 5.75 Å². The molecular weight excluding hydrogens is 414 g/mol. The number of nitrogens with one attached hydrogen (secondary N) is 1. The van der Waals surface area contributed by atoms with Crippen LogP contribution in [0.1, 0.15) is 36.6 Å². The lowest BCUT2D eigenvalue weighted by Gasteiger charge is -2.31. The molecule has 0 atom stereocenters. The van der Waals surface area contributed by atoms with Gasteiger partial charge in [-0.25, -0.2) is 15.0 Å². The minimum absolute atomic E-state index is 0.0784. The van der Waals surface area contributed by atoms with Crippen molar-refractivity contribution in [2.24, 2.45) is 0 Å². The normalized spacial score (nSPS) is 19.4. The Balaban J connectivity index is 1.15. The third-order valence-corrected chi connectivity index (χ3v) is 7.65. The highest BCUT2D eigenvalue weighted by Crippen LogP contribution is 2.33. The third kappa shape index (κ3) is 3.94. The van der Waals surface area contributed by atoms with Gasteiger partial charge in [0.15, 0.2) is 0 Å². The summed E-state index contributed by atoms with van der Waals surface area (Å²) >= 11 is 3.15. The van der Waals surface area contributed by atoms with E-state index in [9.17, 15) is 4.79 Å². The molecule has 6 nitrogen and oxygen atoms in total. The van der Waals surface area contributed by atoms with E-state index in [2.05, 4.69) is 62.2 Å². The molecular formula is C22H23N5OS2. The Hall–Kier alpha value is -2.45. The number of pyridine rings is 1. The summed E-state index contributed by atoms with van der Waals surface area (Å²) in [6, 6.07) is 9.04. The molecule has 30 heavy (non-hydrogen) atoms. The van der Waals surface area contributed by atoms with Crippen LogP contribution in [-0.2, 0) is 4.79 Å². The molecule has 1 amide bonds. The van der Waals surface area contributed by atoms with Gasteiger partial charge in [0, 0.05) is 40.3 Å². The highest BCUT2D eigenvalue weighted by molar-refractivity contribution is 8.00. The maximum atomic E-state index is 12.5. The number of carbonyl (C=O) groups excluding carboxylic acids is 1. The topological polar surface area (TPSA) is 72.7 Å². The van der Waals surface area contributed by atoms with E-state index in [1.54, 1.807) is 17.7 Å². The summed E-state index contributed by atoms with van der Waals surface area (Å²) in [5.41, 5.74) is 1.18. The summed E-state index contributed by atoms with van der Waals surface area (Å²) in [6.07, 6.45) is 9.67. The molecule has 2 aromatic rings. The van der Waals surface area contributed by atoms with Gasteiger partial charge in [-0.2, -0.15) is 0 Å². The van der Waals surface area contributed by atoms with Crippen LogP contribution in [0.25, 0.3) is 21.6 Å². The van der Waals surface area contributed by atoms with E-state index in [4.69, 9.17) is 0 Å². The average Bonchev–Trinajstić information content (AvgIpc) is 3.38. The van der Waals surface area contributed by atoms with Crippen molar-refractivity contribution in [3.63, 3.8) is 0 Å². The Kier molecular flexibility index (Phi) is 5.43. The molecule has 0 aromatic carbocycles. The smallest absolute Gasteiger partial charge is 0.230 e. The highest BCUT2D eigenvalue weighted by atomic mass is 32.2. The van der Waals surface area contributed by atoms with Crippen LogP contribution in [0.3, 0.4) is 0 Å². The van der Waals surface area contributed by atoms with Gasteiger partial charge in [0.05, 0.1) is 5.75 Å². The van der Waals surface area contributed by atoms with Gasteiger partial charge in [0.1, 0.15) is 22.0 Å². The second kappa shape index (κ2) is 8.35. The summed E-state index contributed by atoms with van der Waals surface area (Å²) in [6.45, 7) is 2.07. The second-order valence-electron chi connectivity index (χ2n) is 7.76. The molecule has 1 aliphatic carbocycles. The molecule has 1 saturated carbocycles. The second-order valence-corrected chi connectivity index (χ2v) is 9.95. The van der Waals surface area contributed by atoms with E-state index in [0.717, 1.165) is 46.8 Å². The molecule has 0 radical (unpaired) electrons. The van der Waals surface area contributed by atoms with Crippen LogP contribution in [0, 0.1) is 6.92 Å². The molecule has 1 N–H and O–H groups in total. The molecule has 4 heterocycles. The number of hydrogen-bond acceptors (Lipinski definition) is 6. The Bertz CT molecular complexity index is 1150. The summed E-state index contributed by atoms with van der Waals surface area (Å²) < 4.78 is 2.30. The third-order valence-electron chi connectivity index (χ3n) is 5.69. The van der Waals surface area contributed by atoms with Gasteiger partial charge in [0.2, 0.25) is 5.91 Å². The SMILES string of the molecule is Cc1cc2c(SCC(=O)NC3CCC(n4cccc5ccnc4-5)CC3)ncnc2s1. The van der Waals surface area contributed by atoms with Crippen molar-refractivity contribution in [1.29, 1.82) is 0 Å². The molecule has 8 heteroatoms. The molecule has 3 aliphatic rings. The lowest BCUT2D eigenvalue weighted by atomic mass is 9.90. The number of hydrogen-bond donors (Lipinski definition) is 1. The molecule has 2 aromatic heterocycles. The summed E-state index contributed by atoms with van der Waals surface area (Å²) in [5, 5.41) is 5.15. The molecule has 154 valence electrons. The van der Waals surface area contributed by atoms with Crippen LogP contribution in [0.5, 0.6) is 0 Å². The van der Waals surface area contributed by atoms with Crippen LogP contribution in [0.2, 0.25) is 0 Å². The summed E-state index contributed by atoms with van der Waals surface area (Å²) in [7, 11) is 0. The lowest BCUT2D eigenvalue weighted by Crippen LogP contribution is -2.39. The first kappa shape index (κ1) is 19.5. The van der Waals surface area contributed by atoms with E-state index in [1.807, 2.05) is 6.20 Å². The van der Waals surface area contributed by atoms with Crippen molar-refractivity contribution in [3.8, 4) is 11.4 Å². The Morgan fingerprint density at radius 3 is 2.97 bits per heavy atom. The standard InChI is InChI=1S/C22H23N5OS2/c1-14-11-18-21(24-13-25-22(18)30-14)29-12-19(28)26-16-4-6-17(7-5-16)27-10-2-3-15-8-9-23-20(15)27/h2-3,8-11,13,16-17H,4-7,12H2,1H3,(H,26,28). The maximum Gasteiger partial charge on any atom is 0.230 e. The number of fused-ring (bicyclic) bond motifs is 2. The number of nitrogens with zero attached hydrogens (tertiary/aromatic N) is 4. The Labute approximate surface area is 183 Å². The minimum atomic E-state index is 0.0784. The van der Waals surface area contributed by atoms with Gasteiger partial charge in [0.25, 0.3) is 0 Å². The van der Waals surface area contributed by atoms with Crippen molar-refractivity contribution in [3.05, 3.63) is 47.9 Å². The zero-order valence-corrected chi connectivity index (χ0v) is 18.4. The predicted molar refractivity (Wildman–Crippen MR) is 121 cm³/mol. The molecule has 0 saturated heterocycles. The molecule has 0 spiro atoms. The first-order valence-electron chi connectivity index (χ1n) is 10.2. The fourth-order valence-corrected chi connectivity index (χ4v) is 5.95. The van der Waals surface area contributed by atoms with Gasteiger partial charge in [-0.3, -0.25) is 4.79 Å². The fourth-order valence-electron chi connectivity index (χ4n) is 4.26. The zero-order chi connectivity index (χ0) is 20.5. The summed E-state index contributed by atoms with van der Waals surface area (Å²) in [4.78, 5) is 27.9. The van der Waals surface area contributed by atoms with Gasteiger partial charge >= 0.3 is 0 Å². The molecule has 2 aliphatic heterocycles. The maximum absolute atomic E-state index is 12.5. The quantitative estimate of drug-likeness (QED) is 0.362. The largest absolute Gasteiger partial charge is 0.353 e. The minimum Gasteiger partial charge on any atom is -0.353 e. The van der Waals surface area contributed by atoms with Crippen molar-refractivity contribution in [1.82, 2.24) is 24.8 Å². The van der Waals surface area contributed by atoms with Gasteiger partial charge in [-0.1, -0.05) is 11.8 Å². The summed E-state index contributed by atoms with van der Waals surface area (Å²) in [5.74, 6) is 1.52. The predicted octanol–water partition coefficient (Wildman–Crippen LogP) is 4.69.